The fourth-order valence-electron chi connectivity index (χ4n) is 3.20. The summed E-state index contributed by atoms with van der Waals surface area (Å²) in [4.78, 5) is 16.8. The van der Waals surface area contributed by atoms with Crippen LogP contribution in [0.5, 0.6) is 0 Å². The van der Waals surface area contributed by atoms with Crippen molar-refractivity contribution >= 4 is 35.1 Å². The quantitative estimate of drug-likeness (QED) is 0.695. The van der Waals surface area contributed by atoms with Crippen LogP contribution in [0.2, 0.25) is 10.0 Å². The highest BCUT2D eigenvalue weighted by Gasteiger charge is 2.34. The van der Waals surface area contributed by atoms with Crippen molar-refractivity contribution in [2.75, 3.05) is 5.32 Å². The van der Waals surface area contributed by atoms with Gasteiger partial charge in [0.05, 0.1) is 5.57 Å². The normalized spacial score (nSPS) is 16.0. The Bertz CT molecular complexity index is 1090. The maximum absolute atomic E-state index is 12.2. The molecule has 0 fully saturated rings. The van der Waals surface area contributed by atoms with Crippen LogP contribution in [0.4, 0.5) is 5.95 Å². The minimum atomic E-state index is -0.576. The van der Waals surface area contributed by atoms with Gasteiger partial charge in [0.1, 0.15) is 6.04 Å². The van der Waals surface area contributed by atoms with E-state index in [0.29, 0.717) is 33.1 Å². The van der Waals surface area contributed by atoms with E-state index in [4.69, 9.17) is 28.9 Å². The molecule has 0 saturated heterocycles. The third-order valence-corrected chi connectivity index (χ3v) is 4.98. The number of amides is 1. The zero-order chi connectivity index (χ0) is 19.1. The van der Waals surface area contributed by atoms with E-state index in [9.17, 15) is 4.79 Å². The van der Waals surface area contributed by atoms with Gasteiger partial charge in [-0.3, -0.25) is 4.79 Å². The third-order valence-electron chi connectivity index (χ3n) is 4.40. The highest BCUT2D eigenvalue weighted by molar-refractivity contribution is 6.31. The number of carbonyl (C=O) groups excluding carboxylic acids is 1. The molecule has 136 valence electrons. The highest BCUT2D eigenvalue weighted by atomic mass is 35.5. The number of rotatable bonds is 3. The summed E-state index contributed by atoms with van der Waals surface area (Å²) in [5, 5.41) is 8.82. The minimum absolute atomic E-state index is 0.387. The SMILES string of the molecule is CC1=C(C(N)=O)C(c2ccccc2Cl)n2nc(-c3cccc(Cl)c3)nc2N1. The smallest absolute Gasteiger partial charge is 0.248 e. The van der Waals surface area contributed by atoms with Crippen molar-refractivity contribution < 1.29 is 4.79 Å². The first-order chi connectivity index (χ1) is 13.0. The molecule has 27 heavy (non-hydrogen) atoms. The number of nitrogens with two attached hydrogens (primary N) is 1. The van der Waals surface area contributed by atoms with Gasteiger partial charge in [0.15, 0.2) is 5.82 Å². The fourth-order valence-corrected chi connectivity index (χ4v) is 3.63. The maximum Gasteiger partial charge on any atom is 0.248 e. The van der Waals surface area contributed by atoms with Crippen molar-refractivity contribution in [2.24, 2.45) is 5.73 Å². The Hall–Kier alpha value is -2.83. The van der Waals surface area contributed by atoms with E-state index in [2.05, 4.69) is 15.4 Å². The Morgan fingerprint density at radius 2 is 1.96 bits per heavy atom. The molecule has 2 heterocycles. The summed E-state index contributed by atoms with van der Waals surface area (Å²) in [5.41, 5.74) is 8.16. The molecule has 0 saturated carbocycles. The highest BCUT2D eigenvalue weighted by Crippen LogP contribution is 2.38. The van der Waals surface area contributed by atoms with Gasteiger partial charge in [-0.25, -0.2) is 4.68 Å². The topological polar surface area (TPSA) is 85.8 Å². The molecule has 3 N–H and O–H groups in total. The van der Waals surface area contributed by atoms with Gasteiger partial charge in [-0.15, -0.1) is 5.10 Å². The Labute approximate surface area is 165 Å². The standard InChI is InChI=1S/C19H15Cl2N5O/c1-10-15(17(22)27)16(13-7-2-3-8-14(13)21)26-19(23-10)24-18(25-26)11-5-4-6-12(20)9-11/h2-9,16H,1H3,(H2,22,27)(H,23,24,25). The number of hydrogen-bond donors (Lipinski definition) is 2. The number of aromatic nitrogens is 3. The van der Waals surface area contributed by atoms with Gasteiger partial charge < -0.3 is 11.1 Å². The second-order valence-electron chi connectivity index (χ2n) is 6.17. The van der Waals surface area contributed by atoms with Crippen LogP contribution in [-0.2, 0) is 4.79 Å². The van der Waals surface area contributed by atoms with Crippen molar-refractivity contribution in [1.82, 2.24) is 14.8 Å². The van der Waals surface area contributed by atoms with E-state index in [-0.39, 0.29) is 0 Å². The molecule has 1 unspecified atom stereocenters. The number of halogens is 2. The number of allylic oxidation sites excluding steroid dienone is 1. The van der Waals surface area contributed by atoms with E-state index >= 15 is 0 Å². The van der Waals surface area contributed by atoms with Crippen LogP contribution in [0.1, 0.15) is 18.5 Å². The van der Waals surface area contributed by atoms with Crippen molar-refractivity contribution in [3.8, 4) is 11.4 Å². The van der Waals surface area contributed by atoms with Crippen LogP contribution in [-0.4, -0.2) is 20.7 Å². The first kappa shape index (κ1) is 17.6. The van der Waals surface area contributed by atoms with Gasteiger partial charge in [-0.05, 0) is 25.1 Å². The largest absolute Gasteiger partial charge is 0.366 e. The van der Waals surface area contributed by atoms with Gasteiger partial charge >= 0.3 is 0 Å². The molecule has 0 spiro atoms. The van der Waals surface area contributed by atoms with Crippen LogP contribution in [0.25, 0.3) is 11.4 Å². The summed E-state index contributed by atoms with van der Waals surface area (Å²) in [5.74, 6) is 0.434. The summed E-state index contributed by atoms with van der Waals surface area (Å²) in [6, 6.07) is 14.0. The van der Waals surface area contributed by atoms with Gasteiger partial charge in [-0.1, -0.05) is 53.5 Å². The molecule has 1 aliphatic heterocycles. The molecular weight excluding hydrogens is 385 g/mol. The molecule has 4 rings (SSSR count). The fraction of sp³-hybridized carbons (Fsp3) is 0.105. The Balaban J connectivity index is 1.92. The van der Waals surface area contributed by atoms with Gasteiger partial charge in [0, 0.05) is 26.9 Å². The van der Waals surface area contributed by atoms with E-state index in [1.54, 1.807) is 29.8 Å². The van der Waals surface area contributed by atoms with Crippen LogP contribution in [0.15, 0.2) is 59.8 Å². The Morgan fingerprint density at radius 1 is 1.19 bits per heavy atom. The van der Waals surface area contributed by atoms with E-state index in [1.165, 1.54) is 0 Å². The first-order valence-corrected chi connectivity index (χ1v) is 8.96. The molecule has 8 heteroatoms. The Morgan fingerprint density at radius 3 is 2.67 bits per heavy atom. The zero-order valence-electron chi connectivity index (χ0n) is 14.3. The molecule has 1 aliphatic rings. The summed E-state index contributed by atoms with van der Waals surface area (Å²) in [6.07, 6.45) is 0. The molecule has 6 nitrogen and oxygen atoms in total. The summed E-state index contributed by atoms with van der Waals surface area (Å²) in [7, 11) is 0. The van der Waals surface area contributed by atoms with Crippen molar-refractivity contribution in [2.45, 2.75) is 13.0 Å². The molecule has 2 aromatic carbocycles. The number of nitrogens with zero attached hydrogens (tertiary/aromatic N) is 3. The average Bonchev–Trinajstić information content (AvgIpc) is 3.04. The number of primary amides is 1. The molecule has 0 aliphatic carbocycles. The summed E-state index contributed by atoms with van der Waals surface area (Å²) in [6.45, 7) is 1.78. The molecule has 0 bridgehead atoms. The van der Waals surface area contributed by atoms with Crippen molar-refractivity contribution in [3.05, 3.63) is 75.4 Å². The number of benzene rings is 2. The van der Waals surface area contributed by atoms with E-state index in [1.807, 2.05) is 30.3 Å². The van der Waals surface area contributed by atoms with Crippen molar-refractivity contribution in [1.29, 1.82) is 0 Å². The number of carbonyl (C=O) groups is 1. The molecule has 3 aromatic rings. The number of nitrogens with one attached hydrogen (secondary N) is 1. The first-order valence-electron chi connectivity index (χ1n) is 8.20. The van der Waals surface area contributed by atoms with Gasteiger partial charge in [0.2, 0.25) is 11.9 Å². The number of fused-ring (bicyclic) bond motifs is 1. The summed E-state index contributed by atoms with van der Waals surface area (Å²) >= 11 is 12.5. The third kappa shape index (κ3) is 3.07. The lowest BCUT2D eigenvalue weighted by molar-refractivity contribution is -0.115. The second-order valence-corrected chi connectivity index (χ2v) is 7.01. The monoisotopic (exact) mass is 399 g/mol. The van der Waals surface area contributed by atoms with E-state index < -0.39 is 11.9 Å². The van der Waals surface area contributed by atoms with Crippen LogP contribution < -0.4 is 11.1 Å². The molecule has 1 atom stereocenters. The number of anilines is 1. The van der Waals surface area contributed by atoms with Crippen LogP contribution in [0.3, 0.4) is 0 Å². The zero-order valence-corrected chi connectivity index (χ0v) is 15.8. The molecule has 0 radical (unpaired) electrons. The second kappa shape index (κ2) is 6.72. The predicted octanol–water partition coefficient (Wildman–Crippen LogP) is 4.03. The van der Waals surface area contributed by atoms with Crippen molar-refractivity contribution in [3.63, 3.8) is 0 Å². The van der Waals surface area contributed by atoms with Gasteiger partial charge in [0.25, 0.3) is 0 Å². The lowest BCUT2D eigenvalue weighted by atomic mass is 9.95. The molecule has 1 aromatic heterocycles. The van der Waals surface area contributed by atoms with Crippen LogP contribution >= 0.6 is 23.2 Å². The maximum atomic E-state index is 12.2. The lowest BCUT2D eigenvalue weighted by Crippen LogP contribution is -2.32. The molecular formula is C19H15Cl2N5O. The molecule has 1 amide bonds. The lowest BCUT2D eigenvalue weighted by Gasteiger charge is -2.28. The minimum Gasteiger partial charge on any atom is -0.366 e. The average molecular weight is 400 g/mol. The van der Waals surface area contributed by atoms with Gasteiger partial charge in [-0.2, -0.15) is 4.98 Å². The Kier molecular flexibility index (Phi) is 4.37. The number of hydrogen-bond acceptors (Lipinski definition) is 4. The predicted molar refractivity (Wildman–Crippen MR) is 106 cm³/mol. The summed E-state index contributed by atoms with van der Waals surface area (Å²) < 4.78 is 1.63. The van der Waals surface area contributed by atoms with Crippen LogP contribution in [0, 0.1) is 0 Å². The van der Waals surface area contributed by atoms with E-state index in [0.717, 1.165) is 11.1 Å².